The summed E-state index contributed by atoms with van der Waals surface area (Å²) in [5.74, 6) is 0. The predicted molar refractivity (Wildman–Crippen MR) is 96.6 cm³/mol. The Hall–Kier alpha value is -1.27. The molecule has 2 heterocycles. The first-order valence-corrected chi connectivity index (χ1v) is 8.66. The zero-order valence-electron chi connectivity index (χ0n) is 12.7. The van der Waals surface area contributed by atoms with Crippen molar-refractivity contribution >= 4 is 40.5 Å². The first kappa shape index (κ1) is 17.5. The van der Waals surface area contributed by atoms with E-state index >= 15 is 0 Å². The van der Waals surface area contributed by atoms with E-state index in [2.05, 4.69) is 15.5 Å². The molecule has 0 spiro atoms. The first-order valence-electron chi connectivity index (χ1n) is 7.52. The van der Waals surface area contributed by atoms with E-state index in [0.717, 1.165) is 18.4 Å². The van der Waals surface area contributed by atoms with E-state index in [0.29, 0.717) is 35.5 Å². The number of aromatic nitrogens is 2. The van der Waals surface area contributed by atoms with Gasteiger partial charge in [-0.15, -0.1) is 0 Å². The van der Waals surface area contributed by atoms with Crippen molar-refractivity contribution in [3.05, 3.63) is 55.4 Å². The molecule has 3 rings (SSSR count). The van der Waals surface area contributed by atoms with Crippen LogP contribution < -0.4 is 10.9 Å². The number of aromatic amines is 1. The van der Waals surface area contributed by atoms with Crippen LogP contribution in [0.1, 0.15) is 18.4 Å². The van der Waals surface area contributed by atoms with Crippen molar-refractivity contribution in [3.8, 4) is 0 Å². The van der Waals surface area contributed by atoms with E-state index in [9.17, 15) is 4.79 Å². The van der Waals surface area contributed by atoms with Gasteiger partial charge in [0.05, 0.1) is 11.9 Å². The minimum absolute atomic E-state index is 0.0920. The normalized spacial score (nSPS) is 16.8. The molecule has 0 saturated carbocycles. The fourth-order valence-electron chi connectivity index (χ4n) is 2.99. The number of nitrogens with one attached hydrogen (secondary N) is 2. The van der Waals surface area contributed by atoms with Gasteiger partial charge in [-0.1, -0.05) is 40.9 Å². The van der Waals surface area contributed by atoms with Crippen LogP contribution in [-0.4, -0.2) is 30.0 Å². The van der Waals surface area contributed by atoms with Crippen molar-refractivity contribution in [1.82, 2.24) is 10.2 Å². The molecule has 5 nitrogen and oxygen atoms in total. The lowest BCUT2D eigenvalue weighted by Gasteiger charge is -2.38. The van der Waals surface area contributed by atoms with Crippen LogP contribution in [0.25, 0.3) is 0 Å². The third kappa shape index (κ3) is 3.54. The second-order valence-corrected chi connectivity index (χ2v) is 7.02. The van der Waals surface area contributed by atoms with E-state index in [1.54, 1.807) is 6.07 Å². The Kier molecular flexibility index (Phi) is 5.35. The Morgan fingerprint density at radius 1 is 1.25 bits per heavy atom. The average molecular weight is 389 g/mol. The molecule has 24 heavy (non-hydrogen) atoms. The fourth-order valence-corrected chi connectivity index (χ4v) is 3.76. The van der Waals surface area contributed by atoms with Crippen LogP contribution in [0.5, 0.6) is 0 Å². The van der Waals surface area contributed by atoms with E-state index in [4.69, 9.17) is 39.5 Å². The molecule has 1 aliphatic rings. The Bertz CT molecular complexity index is 788. The summed E-state index contributed by atoms with van der Waals surface area (Å²) in [6.07, 6.45) is 3.10. The molecule has 1 aromatic heterocycles. The molecule has 0 bridgehead atoms. The average Bonchev–Trinajstić information content (AvgIpc) is 2.57. The number of halogens is 3. The van der Waals surface area contributed by atoms with Crippen LogP contribution in [0.3, 0.4) is 0 Å². The number of benzene rings is 1. The van der Waals surface area contributed by atoms with Gasteiger partial charge >= 0.3 is 0 Å². The van der Waals surface area contributed by atoms with Gasteiger partial charge in [0.2, 0.25) is 0 Å². The van der Waals surface area contributed by atoms with E-state index in [-0.39, 0.29) is 10.4 Å². The number of H-pyrrole nitrogens is 1. The van der Waals surface area contributed by atoms with Gasteiger partial charge in [-0.3, -0.25) is 4.79 Å². The molecular formula is C16H16Cl3N3O2. The molecule has 1 aromatic carbocycles. The third-order valence-corrected chi connectivity index (χ3v) is 5.29. The lowest BCUT2D eigenvalue weighted by atomic mass is 9.74. The largest absolute Gasteiger partial charge is 0.381 e. The lowest BCUT2D eigenvalue weighted by Crippen LogP contribution is -2.40. The van der Waals surface area contributed by atoms with Crippen molar-refractivity contribution in [3.63, 3.8) is 0 Å². The number of nitrogens with zero attached hydrogens (tertiary/aromatic N) is 1. The van der Waals surface area contributed by atoms with Gasteiger partial charge in [0.1, 0.15) is 5.02 Å². The molecule has 0 radical (unpaired) electrons. The predicted octanol–water partition coefficient (Wildman–Crippen LogP) is 3.89. The van der Waals surface area contributed by atoms with E-state index in [1.165, 1.54) is 6.20 Å². The van der Waals surface area contributed by atoms with Gasteiger partial charge in [-0.05, 0) is 30.5 Å². The zero-order valence-corrected chi connectivity index (χ0v) is 15.0. The zero-order chi connectivity index (χ0) is 17.2. The maximum atomic E-state index is 11.6. The molecule has 8 heteroatoms. The SMILES string of the molecule is O=c1[nH]ncc(NCC2(c3ccc(Cl)cc3Cl)CCOCC2)c1Cl. The standard InChI is InChI=1S/C16H16Cl3N3O2/c17-10-1-2-11(12(18)7-10)16(3-5-24-6-4-16)9-20-13-8-21-22-15(23)14(13)19/h1-2,7-8H,3-6,9H2,(H2,20,22,23). The van der Waals surface area contributed by atoms with Crippen molar-refractivity contribution in [2.45, 2.75) is 18.3 Å². The number of ether oxygens (including phenoxy) is 1. The lowest BCUT2D eigenvalue weighted by molar-refractivity contribution is 0.0544. The minimum atomic E-state index is -0.424. The summed E-state index contributed by atoms with van der Waals surface area (Å²) < 4.78 is 5.51. The summed E-state index contributed by atoms with van der Waals surface area (Å²) in [4.78, 5) is 11.6. The van der Waals surface area contributed by atoms with Gasteiger partial charge in [-0.25, -0.2) is 5.10 Å². The summed E-state index contributed by atoms with van der Waals surface area (Å²) in [7, 11) is 0. The number of hydrogen-bond acceptors (Lipinski definition) is 4. The number of anilines is 1. The van der Waals surface area contributed by atoms with Crippen LogP contribution in [0.4, 0.5) is 5.69 Å². The van der Waals surface area contributed by atoms with E-state index < -0.39 is 5.56 Å². The first-order chi connectivity index (χ1) is 11.5. The molecule has 0 unspecified atom stereocenters. The van der Waals surface area contributed by atoms with Crippen LogP contribution >= 0.6 is 34.8 Å². The monoisotopic (exact) mass is 387 g/mol. The van der Waals surface area contributed by atoms with Crippen LogP contribution in [-0.2, 0) is 10.2 Å². The Labute approximate surface area is 154 Å². The van der Waals surface area contributed by atoms with Crippen molar-refractivity contribution in [2.24, 2.45) is 0 Å². The second-order valence-electron chi connectivity index (χ2n) is 5.80. The Balaban J connectivity index is 1.91. The molecule has 0 atom stereocenters. The van der Waals surface area contributed by atoms with Crippen molar-refractivity contribution in [1.29, 1.82) is 0 Å². The van der Waals surface area contributed by atoms with Crippen molar-refractivity contribution < 1.29 is 4.74 Å². The molecule has 1 saturated heterocycles. The molecule has 0 amide bonds. The Morgan fingerprint density at radius 3 is 2.71 bits per heavy atom. The topological polar surface area (TPSA) is 67.0 Å². The Morgan fingerprint density at radius 2 is 2.00 bits per heavy atom. The summed E-state index contributed by atoms with van der Waals surface area (Å²) in [5.41, 5.74) is 0.855. The summed E-state index contributed by atoms with van der Waals surface area (Å²) >= 11 is 18.5. The van der Waals surface area contributed by atoms with E-state index in [1.807, 2.05) is 12.1 Å². The quantitative estimate of drug-likeness (QED) is 0.834. The highest BCUT2D eigenvalue weighted by atomic mass is 35.5. The maximum absolute atomic E-state index is 11.6. The van der Waals surface area contributed by atoms with Gasteiger partial charge in [0, 0.05) is 35.2 Å². The minimum Gasteiger partial charge on any atom is -0.381 e. The number of rotatable bonds is 4. The van der Waals surface area contributed by atoms with Gasteiger partial charge in [-0.2, -0.15) is 5.10 Å². The molecule has 2 N–H and O–H groups in total. The molecule has 128 valence electrons. The van der Waals surface area contributed by atoms with Crippen molar-refractivity contribution in [2.75, 3.05) is 25.1 Å². The molecule has 0 aliphatic carbocycles. The molecule has 2 aromatic rings. The molecule has 1 aliphatic heterocycles. The fraction of sp³-hybridized carbons (Fsp3) is 0.375. The molecular weight excluding hydrogens is 373 g/mol. The summed E-state index contributed by atoms with van der Waals surface area (Å²) in [5, 5.41) is 10.6. The smallest absolute Gasteiger partial charge is 0.285 e. The van der Waals surface area contributed by atoms with Crippen LogP contribution in [0.15, 0.2) is 29.2 Å². The van der Waals surface area contributed by atoms with Crippen LogP contribution in [0.2, 0.25) is 15.1 Å². The highest BCUT2D eigenvalue weighted by Crippen LogP contribution is 2.40. The third-order valence-electron chi connectivity index (χ3n) is 4.37. The van der Waals surface area contributed by atoms with Gasteiger partial charge < -0.3 is 10.1 Å². The second kappa shape index (κ2) is 7.31. The van der Waals surface area contributed by atoms with Crippen LogP contribution in [0, 0.1) is 0 Å². The highest BCUT2D eigenvalue weighted by molar-refractivity contribution is 6.35. The van der Waals surface area contributed by atoms with Gasteiger partial charge in [0.15, 0.2) is 0 Å². The van der Waals surface area contributed by atoms with Gasteiger partial charge in [0.25, 0.3) is 5.56 Å². The highest BCUT2D eigenvalue weighted by Gasteiger charge is 2.36. The number of hydrogen-bond donors (Lipinski definition) is 2. The molecule has 1 fully saturated rings. The summed E-state index contributed by atoms with van der Waals surface area (Å²) in [6.45, 7) is 1.84. The maximum Gasteiger partial charge on any atom is 0.285 e. The summed E-state index contributed by atoms with van der Waals surface area (Å²) in [6, 6.07) is 5.54.